The first-order valence-electron chi connectivity index (χ1n) is 8.49. The summed E-state index contributed by atoms with van der Waals surface area (Å²) in [5.74, 6) is -0.147. The van der Waals surface area contributed by atoms with E-state index in [2.05, 4.69) is 15.6 Å². The van der Waals surface area contributed by atoms with Gasteiger partial charge in [-0.15, -0.1) is 0 Å². The highest BCUT2D eigenvalue weighted by molar-refractivity contribution is 5.95. The number of nitrogens with zero attached hydrogens (tertiary/aromatic N) is 1. The molecule has 2 N–H and O–H groups in total. The molecule has 6 heteroatoms. The molecule has 0 unspecified atom stereocenters. The smallest absolute Gasteiger partial charge is 0.407 e. The molecule has 2 rings (SSSR count). The minimum Gasteiger partial charge on any atom is -0.444 e. The summed E-state index contributed by atoms with van der Waals surface area (Å²) < 4.78 is 5.20. The molecule has 0 saturated carbocycles. The number of carbonyl (C=O) groups is 2. The molecular weight excluding hydrogens is 330 g/mol. The molecule has 0 fully saturated rings. The van der Waals surface area contributed by atoms with E-state index in [0.717, 1.165) is 11.1 Å². The van der Waals surface area contributed by atoms with E-state index in [9.17, 15) is 9.59 Å². The number of aromatic nitrogens is 1. The summed E-state index contributed by atoms with van der Waals surface area (Å²) in [6.45, 7) is 8.08. The molecule has 138 valence electrons. The van der Waals surface area contributed by atoms with Crippen molar-refractivity contribution in [1.82, 2.24) is 15.6 Å². The van der Waals surface area contributed by atoms with Crippen LogP contribution in [-0.4, -0.2) is 22.6 Å². The van der Waals surface area contributed by atoms with Gasteiger partial charge in [-0.2, -0.15) is 0 Å². The Balaban J connectivity index is 1.83. The first kappa shape index (κ1) is 19.4. The van der Waals surface area contributed by atoms with Gasteiger partial charge in [0.25, 0.3) is 5.91 Å². The van der Waals surface area contributed by atoms with Crippen molar-refractivity contribution in [3.8, 4) is 0 Å². The predicted molar refractivity (Wildman–Crippen MR) is 99.7 cm³/mol. The fourth-order valence-electron chi connectivity index (χ4n) is 2.27. The van der Waals surface area contributed by atoms with Gasteiger partial charge in [0.15, 0.2) is 0 Å². The zero-order valence-electron chi connectivity index (χ0n) is 15.6. The molecule has 0 aliphatic heterocycles. The highest BCUT2D eigenvalue weighted by Gasteiger charge is 2.15. The van der Waals surface area contributed by atoms with Gasteiger partial charge in [-0.25, -0.2) is 4.79 Å². The average molecular weight is 355 g/mol. The lowest BCUT2D eigenvalue weighted by Crippen LogP contribution is -2.32. The Bertz CT molecular complexity index is 765. The Hall–Kier alpha value is -2.89. The first-order chi connectivity index (χ1) is 12.2. The summed E-state index contributed by atoms with van der Waals surface area (Å²) in [7, 11) is 0. The molecule has 0 bridgehead atoms. The van der Waals surface area contributed by atoms with Gasteiger partial charge in [0.1, 0.15) is 5.60 Å². The Labute approximate surface area is 154 Å². The number of aryl methyl sites for hydroxylation is 1. The molecule has 0 saturated heterocycles. The molecule has 1 heterocycles. The van der Waals surface area contributed by atoms with Crippen LogP contribution in [0.15, 0.2) is 42.6 Å². The van der Waals surface area contributed by atoms with E-state index in [-0.39, 0.29) is 5.91 Å². The quantitative estimate of drug-likeness (QED) is 0.862. The highest BCUT2D eigenvalue weighted by atomic mass is 16.6. The van der Waals surface area contributed by atoms with E-state index < -0.39 is 11.7 Å². The van der Waals surface area contributed by atoms with Gasteiger partial charge < -0.3 is 15.4 Å². The number of nitrogens with one attached hydrogen (secondary N) is 2. The number of alkyl carbamates (subject to hydrolysis) is 1. The van der Waals surface area contributed by atoms with E-state index in [0.29, 0.717) is 24.3 Å². The van der Waals surface area contributed by atoms with Crippen molar-refractivity contribution < 1.29 is 14.3 Å². The van der Waals surface area contributed by atoms with Crippen LogP contribution in [-0.2, 0) is 17.8 Å². The lowest BCUT2D eigenvalue weighted by molar-refractivity contribution is 0.0523. The second-order valence-corrected chi connectivity index (χ2v) is 6.99. The molecule has 0 spiro atoms. The maximum absolute atomic E-state index is 12.2. The van der Waals surface area contributed by atoms with E-state index in [4.69, 9.17) is 4.74 Å². The zero-order chi connectivity index (χ0) is 19.2. The van der Waals surface area contributed by atoms with Crippen molar-refractivity contribution in [3.05, 3.63) is 65.0 Å². The van der Waals surface area contributed by atoms with Crippen molar-refractivity contribution in [3.63, 3.8) is 0 Å². The van der Waals surface area contributed by atoms with Gasteiger partial charge in [0.05, 0.1) is 5.56 Å². The standard InChI is InChI=1S/C20H25N3O3/c1-14-17(6-5-11-21-14)18(24)22-12-15-7-9-16(10-8-15)13-23-19(25)26-20(2,3)4/h5-11H,12-13H2,1-4H3,(H,22,24)(H,23,25). The van der Waals surface area contributed by atoms with E-state index in [1.165, 1.54) is 0 Å². The second-order valence-electron chi connectivity index (χ2n) is 6.99. The van der Waals surface area contributed by atoms with Gasteiger partial charge in [-0.3, -0.25) is 9.78 Å². The van der Waals surface area contributed by atoms with Crippen molar-refractivity contribution in [2.75, 3.05) is 0 Å². The van der Waals surface area contributed by atoms with Crippen LogP contribution in [0.3, 0.4) is 0 Å². The van der Waals surface area contributed by atoms with Crippen LogP contribution in [0.4, 0.5) is 4.79 Å². The van der Waals surface area contributed by atoms with Crippen LogP contribution in [0.2, 0.25) is 0 Å². The normalized spacial score (nSPS) is 10.9. The minimum atomic E-state index is -0.515. The molecule has 26 heavy (non-hydrogen) atoms. The van der Waals surface area contributed by atoms with Gasteiger partial charge in [0.2, 0.25) is 0 Å². The first-order valence-corrected chi connectivity index (χ1v) is 8.49. The van der Waals surface area contributed by atoms with E-state index in [1.807, 2.05) is 45.0 Å². The van der Waals surface area contributed by atoms with Crippen LogP contribution in [0.1, 0.15) is 48.0 Å². The molecule has 6 nitrogen and oxygen atoms in total. The molecule has 2 amide bonds. The van der Waals surface area contributed by atoms with Gasteiger partial charge in [-0.1, -0.05) is 24.3 Å². The number of rotatable bonds is 5. The molecule has 0 atom stereocenters. The number of ether oxygens (including phenoxy) is 1. The maximum atomic E-state index is 12.2. The summed E-state index contributed by atoms with van der Waals surface area (Å²) in [5, 5.41) is 5.60. The number of amides is 2. The van der Waals surface area contributed by atoms with Crippen molar-refractivity contribution in [2.45, 2.75) is 46.4 Å². The molecule has 0 radical (unpaired) electrons. The van der Waals surface area contributed by atoms with Crippen LogP contribution in [0.25, 0.3) is 0 Å². The fourth-order valence-corrected chi connectivity index (χ4v) is 2.27. The molecule has 0 aliphatic carbocycles. The fraction of sp³-hybridized carbons (Fsp3) is 0.350. The largest absolute Gasteiger partial charge is 0.444 e. The predicted octanol–water partition coefficient (Wildman–Crippen LogP) is 3.34. The number of pyridine rings is 1. The van der Waals surface area contributed by atoms with Gasteiger partial charge >= 0.3 is 6.09 Å². The number of hydrogen-bond donors (Lipinski definition) is 2. The molecule has 1 aromatic carbocycles. The molecule has 2 aromatic rings. The summed E-state index contributed by atoms with van der Waals surface area (Å²) >= 11 is 0. The highest BCUT2D eigenvalue weighted by Crippen LogP contribution is 2.09. The minimum absolute atomic E-state index is 0.147. The van der Waals surface area contributed by atoms with Gasteiger partial charge in [-0.05, 0) is 51.0 Å². The lowest BCUT2D eigenvalue weighted by atomic mass is 10.1. The molecular formula is C20H25N3O3. The summed E-state index contributed by atoms with van der Waals surface area (Å²) in [5.41, 5.74) is 2.69. The lowest BCUT2D eigenvalue weighted by Gasteiger charge is -2.19. The Morgan fingerprint density at radius 1 is 1.00 bits per heavy atom. The van der Waals surface area contributed by atoms with Crippen molar-refractivity contribution >= 4 is 12.0 Å². The van der Waals surface area contributed by atoms with Crippen LogP contribution in [0, 0.1) is 6.92 Å². The Morgan fingerprint density at radius 2 is 1.58 bits per heavy atom. The molecule has 0 aliphatic rings. The number of carbonyl (C=O) groups excluding carboxylic acids is 2. The zero-order valence-corrected chi connectivity index (χ0v) is 15.6. The molecule has 1 aromatic heterocycles. The number of hydrogen-bond acceptors (Lipinski definition) is 4. The third-order valence-corrected chi connectivity index (χ3v) is 3.56. The number of benzene rings is 1. The van der Waals surface area contributed by atoms with E-state index in [1.54, 1.807) is 25.3 Å². The second kappa shape index (κ2) is 8.47. The van der Waals surface area contributed by atoms with Crippen molar-refractivity contribution in [2.24, 2.45) is 0 Å². The topological polar surface area (TPSA) is 80.3 Å². The monoisotopic (exact) mass is 355 g/mol. The van der Waals surface area contributed by atoms with Gasteiger partial charge in [0, 0.05) is 25.0 Å². The Kier molecular flexibility index (Phi) is 6.33. The summed E-state index contributed by atoms with van der Waals surface area (Å²) in [6, 6.07) is 11.2. The van der Waals surface area contributed by atoms with E-state index >= 15 is 0 Å². The average Bonchev–Trinajstić information content (AvgIpc) is 2.57. The van der Waals surface area contributed by atoms with Crippen molar-refractivity contribution in [1.29, 1.82) is 0 Å². The SMILES string of the molecule is Cc1ncccc1C(=O)NCc1ccc(CNC(=O)OC(C)(C)C)cc1. The third kappa shape index (κ3) is 6.20. The van der Waals surface area contributed by atoms with Crippen LogP contribution in [0.5, 0.6) is 0 Å². The summed E-state index contributed by atoms with van der Waals surface area (Å²) in [6.07, 6.45) is 1.22. The third-order valence-electron chi connectivity index (χ3n) is 3.56. The van der Waals surface area contributed by atoms with Crippen LogP contribution < -0.4 is 10.6 Å². The van der Waals surface area contributed by atoms with Crippen LogP contribution >= 0.6 is 0 Å². The maximum Gasteiger partial charge on any atom is 0.407 e. The Morgan fingerprint density at radius 3 is 2.12 bits per heavy atom. The summed E-state index contributed by atoms with van der Waals surface area (Å²) in [4.78, 5) is 28.0.